The molecular weight excluding hydrogens is 426 g/mol. The number of ketones is 1. The van der Waals surface area contributed by atoms with Gasteiger partial charge < -0.3 is 19.5 Å². The number of aryl methyl sites for hydroxylation is 2. The van der Waals surface area contributed by atoms with Gasteiger partial charge in [0, 0.05) is 30.7 Å². The van der Waals surface area contributed by atoms with E-state index in [2.05, 4.69) is 0 Å². The summed E-state index contributed by atoms with van der Waals surface area (Å²) in [7, 11) is 3.22. The highest BCUT2D eigenvalue weighted by molar-refractivity contribution is 7.10. The number of aliphatic hydroxyl groups excluding tert-OH is 1. The number of Topliss-reactive ketones (excluding diaryl/α,β-unsaturated/α-hetero) is 1. The lowest BCUT2D eigenvalue weighted by Crippen LogP contribution is -2.31. The third-order valence-electron chi connectivity index (χ3n) is 5.89. The van der Waals surface area contributed by atoms with Crippen LogP contribution >= 0.6 is 11.3 Å². The van der Waals surface area contributed by atoms with Crippen molar-refractivity contribution < 1.29 is 24.2 Å². The van der Waals surface area contributed by atoms with Gasteiger partial charge in [-0.2, -0.15) is 0 Å². The third kappa shape index (κ3) is 4.32. The van der Waals surface area contributed by atoms with Crippen LogP contribution in [0.1, 0.15) is 59.4 Å². The number of ether oxygens (including phenoxy) is 2. The van der Waals surface area contributed by atoms with Crippen LogP contribution in [0.3, 0.4) is 0 Å². The van der Waals surface area contributed by atoms with E-state index < -0.39 is 17.7 Å². The van der Waals surface area contributed by atoms with Gasteiger partial charge in [0.15, 0.2) is 0 Å². The van der Waals surface area contributed by atoms with E-state index in [1.54, 1.807) is 19.1 Å². The Morgan fingerprint density at radius 2 is 1.91 bits per heavy atom. The zero-order valence-corrected chi connectivity index (χ0v) is 20.3. The van der Waals surface area contributed by atoms with Crippen molar-refractivity contribution in [3.63, 3.8) is 0 Å². The first kappa shape index (κ1) is 24.0. The van der Waals surface area contributed by atoms with Gasteiger partial charge in [0.25, 0.3) is 11.7 Å². The number of carbonyl (C=O) groups is 2. The fourth-order valence-corrected chi connectivity index (χ4v) is 5.20. The Labute approximate surface area is 193 Å². The van der Waals surface area contributed by atoms with Gasteiger partial charge in [0.1, 0.15) is 11.5 Å². The van der Waals surface area contributed by atoms with Gasteiger partial charge in [-0.1, -0.05) is 13.8 Å². The van der Waals surface area contributed by atoms with Crippen LogP contribution in [-0.4, -0.2) is 49.1 Å². The number of rotatable bonds is 8. The van der Waals surface area contributed by atoms with E-state index in [-0.39, 0.29) is 17.3 Å². The van der Waals surface area contributed by atoms with Crippen LogP contribution in [0.15, 0.2) is 29.2 Å². The Bertz CT molecular complexity index is 1050. The fraction of sp³-hybridized carbons (Fsp3) is 0.440. The smallest absolute Gasteiger partial charge is 0.295 e. The lowest BCUT2D eigenvalue weighted by molar-refractivity contribution is -0.140. The molecule has 1 aromatic heterocycles. The second-order valence-corrected chi connectivity index (χ2v) is 9.32. The number of aliphatic hydroxyl groups is 1. The molecule has 1 atom stereocenters. The molecule has 1 fully saturated rings. The summed E-state index contributed by atoms with van der Waals surface area (Å²) < 4.78 is 10.7. The van der Waals surface area contributed by atoms with Crippen LogP contribution in [0.2, 0.25) is 0 Å². The maximum absolute atomic E-state index is 13.2. The number of carbonyl (C=O) groups excluding carboxylic acids is 2. The largest absolute Gasteiger partial charge is 0.507 e. The summed E-state index contributed by atoms with van der Waals surface area (Å²) in [5.74, 6) is -0.490. The number of likely N-dealkylation sites (tertiary alicyclic amines) is 1. The molecule has 1 aliphatic rings. The van der Waals surface area contributed by atoms with Gasteiger partial charge in [0.05, 0.1) is 18.7 Å². The highest BCUT2D eigenvalue weighted by Crippen LogP contribution is 2.43. The molecule has 3 rings (SSSR count). The molecule has 1 amide bonds. The molecule has 172 valence electrons. The summed E-state index contributed by atoms with van der Waals surface area (Å²) in [6.07, 6.45) is 0.601. The number of nitrogens with zero attached hydrogens (tertiary/aromatic N) is 1. The molecule has 32 heavy (non-hydrogen) atoms. The van der Waals surface area contributed by atoms with E-state index >= 15 is 0 Å². The molecule has 0 spiro atoms. The Kier molecular flexibility index (Phi) is 7.41. The number of methoxy groups -OCH3 is 2. The topological polar surface area (TPSA) is 76.1 Å². The molecule has 1 saturated heterocycles. The van der Waals surface area contributed by atoms with Crippen molar-refractivity contribution in [2.45, 2.75) is 46.1 Å². The molecule has 0 saturated carbocycles. The number of hydrogen-bond acceptors (Lipinski definition) is 6. The molecule has 6 nitrogen and oxygen atoms in total. The summed E-state index contributed by atoms with van der Waals surface area (Å²) in [6, 6.07) is 5.08. The molecule has 0 aliphatic carbocycles. The van der Waals surface area contributed by atoms with E-state index in [1.807, 2.05) is 51.3 Å². The van der Waals surface area contributed by atoms with Gasteiger partial charge in [-0.25, -0.2) is 0 Å². The Hall–Kier alpha value is -2.64. The predicted molar refractivity (Wildman–Crippen MR) is 126 cm³/mol. The number of amides is 1. The van der Waals surface area contributed by atoms with Crippen LogP contribution in [-0.2, 0) is 14.3 Å². The molecule has 1 aliphatic heterocycles. The van der Waals surface area contributed by atoms with Crippen molar-refractivity contribution in [2.75, 3.05) is 27.4 Å². The molecule has 0 radical (unpaired) electrons. The van der Waals surface area contributed by atoms with E-state index in [0.717, 1.165) is 27.3 Å². The van der Waals surface area contributed by atoms with E-state index in [0.29, 0.717) is 25.1 Å². The predicted octanol–water partition coefficient (Wildman–Crippen LogP) is 4.96. The SMILES string of the molecule is COCCCN1C(=O)C(=O)/C(=C(/O)c2cc(C(C)C)c(OC)cc2C)C1c1sccc1C. The van der Waals surface area contributed by atoms with Crippen LogP contribution in [0, 0.1) is 13.8 Å². The van der Waals surface area contributed by atoms with Gasteiger partial charge in [-0.05, 0) is 66.5 Å². The quantitative estimate of drug-likeness (QED) is 0.263. The van der Waals surface area contributed by atoms with Crippen molar-refractivity contribution in [1.82, 2.24) is 4.90 Å². The lowest BCUT2D eigenvalue weighted by Gasteiger charge is -2.25. The Balaban J connectivity index is 2.20. The molecule has 1 unspecified atom stereocenters. The van der Waals surface area contributed by atoms with Crippen LogP contribution in [0.5, 0.6) is 5.75 Å². The Morgan fingerprint density at radius 1 is 1.19 bits per heavy atom. The molecule has 7 heteroatoms. The number of hydrogen-bond donors (Lipinski definition) is 1. The summed E-state index contributed by atoms with van der Waals surface area (Å²) in [6.45, 7) is 8.75. The number of benzene rings is 1. The molecule has 0 bridgehead atoms. The minimum Gasteiger partial charge on any atom is -0.507 e. The lowest BCUT2D eigenvalue weighted by atomic mass is 9.92. The van der Waals surface area contributed by atoms with Crippen LogP contribution in [0.4, 0.5) is 0 Å². The maximum Gasteiger partial charge on any atom is 0.295 e. The first-order valence-electron chi connectivity index (χ1n) is 10.7. The third-order valence-corrected chi connectivity index (χ3v) is 6.96. The fourth-order valence-electron chi connectivity index (χ4n) is 4.15. The molecule has 1 N–H and O–H groups in total. The van der Waals surface area contributed by atoms with Crippen molar-refractivity contribution >= 4 is 28.8 Å². The summed E-state index contributed by atoms with van der Waals surface area (Å²) >= 11 is 1.49. The second kappa shape index (κ2) is 9.88. The van der Waals surface area contributed by atoms with Gasteiger partial charge in [-0.3, -0.25) is 9.59 Å². The summed E-state index contributed by atoms with van der Waals surface area (Å²) in [4.78, 5) is 28.6. The van der Waals surface area contributed by atoms with E-state index in [1.165, 1.54) is 11.3 Å². The highest BCUT2D eigenvalue weighted by Gasteiger charge is 2.47. The monoisotopic (exact) mass is 457 g/mol. The zero-order valence-electron chi connectivity index (χ0n) is 19.5. The first-order chi connectivity index (χ1) is 15.2. The standard InChI is InChI=1S/C25H31NO5S/c1-14(2)17-13-18(16(4)12-19(17)31-6)22(27)20-21(24-15(3)8-11-32-24)26(9-7-10-30-5)25(29)23(20)28/h8,11-14,21,27H,7,9-10H2,1-6H3/b22-20+. The zero-order chi connectivity index (χ0) is 23.6. The average molecular weight is 458 g/mol. The van der Waals surface area contributed by atoms with E-state index in [4.69, 9.17) is 9.47 Å². The van der Waals surface area contributed by atoms with Crippen molar-refractivity contribution in [3.05, 3.63) is 56.3 Å². The van der Waals surface area contributed by atoms with E-state index in [9.17, 15) is 14.7 Å². The highest BCUT2D eigenvalue weighted by atomic mass is 32.1. The second-order valence-electron chi connectivity index (χ2n) is 8.37. The molecule has 1 aromatic carbocycles. The van der Waals surface area contributed by atoms with Crippen molar-refractivity contribution in [1.29, 1.82) is 0 Å². The summed E-state index contributed by atoms with van der Waals surface area (Å²) in [5.41, 5.74) is 3.37. The van der Waals surface area contributed by atoms with Gasteiger partial charge in [0.2, 0.25) is 0 Å². The number of thiophene rings is 1. The first-order valence-corrected chi connectivity index (χ1v) is 11.6. The maximum atomic E-state index is 13.2. The van der Waals surface area contributed by atoms with Crippen LogP contribution < -0.4 is 4.74 Å². The molecular formula is C25H31NO5S. The van der Waals surface area contributed by atoms with Crippen molar-refractivity contribution in [2.24, 2.45) is 0 Å². The van der Waals surface area contributed by atoms with Crippen molar-refractivity contribution in [3.8, 4) is 5.75 Å². The molecule has 2 heterocycles. The minimum absolute atomic E-state index is 0.140. The normalized spacial score (nSPS) is 18.1. The van der Waals surface area contributed by atoms with Crippen LogP contribution in [0.25, 0.3) is 5.76 Å². The average Bonchev–Trinajstić information content (AvgIpc) is 3.28. The summed E-state index contributed by atoms with van der Waals surface area (Å²) in [5, 5.41) is 13.4. The molecule has 2 aromatic rings. The van der Waals surface area contributed by atoms with Gasteiger partial charge >= 0.3 is 0 Å². The van der Waals surface area contributed by atoms with Gasteiger partial charge in [-0.15, -0.1) is 11.3 Å². The Morgan fingerprint density at radius 3 is 2.47 bits per heavy atom. The minimum atomic E-state index is -0.654.